The van der Waals surface area contributed by atoms with Gasteiger partial charge < -0.3 is 10.2 Å². The molecule has 3 rings (SSSR count). The normalized spacial score (nSPS) is 12.8. The van der Waals surface area contributed by atoms with Gasteiger partial charge in [0.25, 0.3) is 5.69 Å². The van der Waals surface area contributed by atoms with Crippen LogP contribution in [0.25, 0.3) is 0 Å². The van der Waals surface area contributed by atoms with E-state index in [1.54, 1.807) is 0 Å². The Bertz CT molecular complexity index is 809. The molecule has 26 heavy (non-hydrogen) atoms. The largest absolute Gasteiger partial charge is 0.383 e. The van der Waals surface area contributed by atoms with Crippen molar-refractivity contribution < 1.29 is 9.72 Å². The summed E-state index contributed by atoms with van der Waals surface area (Å²) < 4.78 is 0. The Morgan fingerprint density at radius 3 is 2.27 bits per heavy atom. The Balaban J connectivity index is 1.49. The molecule has 1 N–H and O–H groups in total. The van der Waals surface area contributed by atoms with Gasteiger partial charge in [0, 0.05) is 38.2 Å². The molecule has 0 bridgehead atoms. The first-order chi connectivity index (χ1) is 12.5. The molecule has 1 heterocycles. The number of nitro benzene ring substituents is 1. The van der Waals surface area contributed by atoms with E-state index in [0.717, 1.165) is 0 Å². The summed E-state index contributed by atoms with van der Waals surface area (Å²) in [5.41, 5.74) is 2.68. The summed E-state index contributed by atoms with van der Waals surface area (Å²) in [4.78, 5) is 24.4. The molecular formula is C18H17Cl2N3O3. The minimum atomic E-state index is -0.547. The summed E-state index contributed by atoms with van der Waals surface area (Å²) in [5, 5.41) is 14.2. The first kappa shape index (κ1) is 18.5. The van der Waals surface area contributed by atoms with Crippen molar-refractivity contribution in [2.75, 3.05) is 11.9 Å². The van der Waals surface area contributed by atoms with E-state index in [1.165, 1.54) is 23.3 Å². The molecule has 0 aromatic heterocycles. The van der Waals surface area contributed by atoms with Gasteiger partial charge in [-0.3, -0.25) is 14.9 Å². The van der Waals surface area contributed by atoms with Crippen LogP contribution < -0.4 is 5.32 Å². The highest BCUT2D eigenvalue weighted by atomic mass is 35.5. The lowest BCUT2D eigenvalue weighted by Gasteiger charge is -2.16. The highest BCUT2D eigenvalue weighted by molar-refractivity contribution is 6.39. The molecule has 0 radical (unpaired) electrons. The molecule has 0 fully saturated rings. The molecule has 1 aliphatic heterocycles. The van der Waals surface area contributed by atoms with Crippen LogP contribution in [-0.2, 0) is 17.9 Å². The van der Waals surface area contributed by atoms with Crippen molar-refractivity contribution in [3.05, 3.63) is 67.7 Å². The number of rotatable bonds is 6. The predicted octanol–water partition coefficient (Wildman–Crippen LogP) is 4.64. The van der Waals surface area contributed by atoms with E-state index in [9.17, 15) is 14.9 Å². The lowest BCUT2D eigenvalue weighted by Crippen LogP contribution is -2.25. The molecule has 0 saturated carbocycles. The quantitative estimate of drug-likeness (QED) is 0.440. The predicted molar refractivity (Wildman–Crippen MR) is 102 cm³/mol. The number of fused-ring (bicyclic) bond motifs is 1. The highest BCUT2D eigenvalue weighted by Gasteiger charge is 2.22. The zero-order valence-corrected chi connectivity index (χ0v) is 15.4. The molecule has 0 atom stereocenters. The van der Waals surface area contributed by atoms with Crippen LogP contribution in [0.15, 0.2) is 36.4 Å². The van der Waals surface area contributed by atoms with Crippen LogP contribution in [0, 0.1) is 10.1 Å². The van der Waals surface area contributed by atoms with Crippen LogP contribution in [0.3, 0.4) is 0 Å². The van der Waals surface area contributed by atoms with E-state index in [-0.39, 0.29) is 21.6 Å². The number of benzene rings is 2. The zero-order chi connectivity index (χ0) is 18.7. The van der Waals surface area contributed by atoms with Crippen LogP contribution in [0.1, 0.15) is 24.0 Å². The Kier molecular flexibility index (Phi) is 5.64. The second-order valence-corrected chi connectivity index (χ2v) is 6.90. The molecular weight excluding hydrogens is 377 g/mol. The molecule has 1 aliphatic rings. The summed E-state index contributed by atoms with van der Waals surface area (Å²) >= 11 is 12.1. The monoisotopic (exact) mass is 393 g/mol. The van der Waals surface area contributed by atoms with Gasteiger partial charge in [0.05, 0.1) is 20.7 Å². The Labute approximate surface area is 160 Å². The van der Waals surface area contributed by atoms with Crippen LogP contribution in [0.2, 0.25) is 10.0 Å². The number of nitrogens with zero attached hydrogens (tertiary/aromatic N) is 2. The van der Waals surface area contributed by atoms with Gasteiger partial charge in [-0.1, -0.05) is 47.5 Å². The first-order valence-corrected chi connectivity index (χ1v) is 8.93. The van der Waals surface area contributed by atoms with E-state index < -0.39 is 4.92 Å². The van der Waals surface area contributed by atoms with E-state index in [0.29, 0.717) is 38.2 Å². The maximum atomic E-state index is 12.3. The van der Waals surface area contributed by atoms with Crippen molar-refractivity contribution in [1.29, 1.82) is 0 Å². The van der Waals surface area contributed by atoms with Crippen molar-refractivity contribution in [1.82, 2.24) is 4.90 Å². The summed E-state index contributed by atoms with van der Waals surface area (Å²) in [7, 11) is 0. The standard InChI is InChI=1S/C18H17Cl2N3O3/c19-15-8-14(23(25)26)9-16(20)18(15)21-7-3-6-17(24)22-10-12-4-1-2-5-13(12)11-22/h1-2,4-5,8-9,21H,3,6-7,10-11H2. The van der Waals surface area contributed by atoms with Crippen LogP contribution in [-0.4, -0.2) is 22.3 Å². The summed E-state index contributed by atoms with van der Waals surface area (Å²) in [6, 6.07) is 10.6. The SMILES string of the molecule is O=C(CCCNc1c(Cl)cc([N+](=O)[O-])cc1Cl)N1Cc2ccccc2C1. The fourth-order valence-electron chi connectivity index (χ4n) is 2.95. The topological polar surface area (TPSA) is 75.5 Å². The second kappa shape index (κ2) is 7.93. The van der Waals surface area contributed by atoms with Gasteiger partial charge in [-0.05, 0) is 17.5 Å². The number of nitrogens with one attached hydrogen (secondary N) is 1. The molecule has 2 aromatic carbocycles. The molecule has 8 heteroatoms. The maximum Gasteiger partial charge on any atom is 0.272 e. The van der Waals surface area contributed by atoms with Crippen molar-refractivity contribution >= 4 is 40.5 Å². The summed E-state index contributed by atoms with van der Waals surface area (Å²) in [6.45, 7) is 1.80. The molecule has 0 spiro atoms. The third-order valence-corrected chi connectivity index (χ3v) is 4.90. The third kappa shape index (κ3) is 4.08. The van der Waals surface area contributed by atoms with Crippen molar-refractivity contribution in [2.45, 2.75) is 25.9 Å². The fraction of sp³-hybridized carbons (Fsp3) is 0.278. The maximum absolute atomic E-state index is 12.3. The number of carbonyl (C=O) groups is 1. The number of nitro groups is 1. The van der Waals surface area contributed by atoms with Crippen molar-refractivity contribution in [3.8, 4) is 0 Å². The van der Waals surface area contributed by atoms with Crippen LogP contribution in [0.5, 0.6) is 0 Å². The van der Waals surface area contributed by atoms with E-state index in [2.05, 4.69) is 5.32 Å². The molecule has 0 aliphatic carbocycles. The zero-order valence-electron chi connectivity index (χ0n) is 13.9. The summed E-state index contributed by atoms with van der Waals surface area (Å²) in [5.74, 6) is 0.101. The number of hydrogen-bond donors (Lipinski definition) is 1. The third-order valence-electron chi connectivity index (χ3n) is 4.30. The van der Waals surface area contributed by atoms with E-state index >= 15 is 0 Å². The minimum absolute atomic E-state index is 0.101. The summed E-state index contributed by atoms with van der Waals surface area (Å²) in [6.07, 6.45) is 1.01. The highest BCUT2D eigenvalue weighted by Crippen LogP contribution is 2.34. The van der Waals surface area contributed by atoms with Crippen molar-refractivity contribution in [3.63, 3.8) is 0 Å². The molecule has 1 amide bonds. The van der Waals surface area contributed by atoms with Gasteiger partial charge in [0.15, 0.2) is 0 Å². The molecule has 0 saturated heterocycles. The van der Waals surface area contributed by atoms with Crippen LogP contribution >= 0.6 is 23.2 Å². The van der Waals surface area contributed by atoms with E-state index in [4.69, 9.17) is 23.2 Å². The smallest absolute Gasteiger partial charge is 0.272 e. The average molecular weight is 394 g/mol. The first-order valence-electron chi connectivity index (χ1n) is 8.17. The minimum Gasteiger partial charge on any atom is -0.383 e. The molecule has 136 valence electrons. The van der Waals surface area contributed by atoms with Gasteiger partial charge in [0.1, 0.15) is 0 Å². The number of anilines is 1. The van der Waals surface area contributed by atoms with Crippen LogP contribution in [0.4, 0.5) is 11.4 Å². The Morgan fingerprint density at radius 2 is 1.73 bits per heavy atom. The molecule has 6 nitrogen and oxygen atoms in total. The van der Waals surface area contributed by atoms with Gasteiger partial charge >= 0.3 is 0 Å². The molecule has 0 unspecified atom stereocenters. The number of non-ortho nitro benzene ring substituents is 1. The van der Waals surface area contributed by atoms with Gasteiger partial charge in [-0.2, -0.15) is 0 Å². The van der Waals surface area contributed by atoms with Crippen molar-refractivity contribution in [2.24, 2.45) is 0 Å². The number of hydrogen-bond acceptors (Lipinski definition) is 4. The average Bonchev–Trinajstić information content (AvgIpc) is 3.04. The van der Waals surface area contributed by atoms with Gasteiger partial charge in [-0.25, -0.2) is 0 Å². The Hall–Kier alpha value is -2.31. The second-order valence-electron chi connectivity index (χ2n) is 6.09. The number of halogens is 2. The fourth-order valence-corrected chi connectivity index (χ4v) is 3.56. The number of carbonyl (C=O) groups excluding carboxylic acids is 1. The number of amides is 1. The van der Waals surface area contributed by atoms with Gasteiger partial charge in [-0.15, -0.1) is 0 Å². The Morgan fingerprint density at radius 1 is 1.15 bits per heavy atom. The van der Waals surface area contributed by atoms with Gasteiger partial charge in [0.2, 0.25) is 5.91 Å². The van der Waals surface area contributed by atoms with E-state index in [1.807, 2.05) is 29.2 Å². The molecule has 2 aromatic rings. The lowest BCUT2D eigenvalue weighted by molar-refractivity contribution is -0.384. The lowest BCUT2D eigenvalue weighted by atomic mass is 10.1.